The summed E-state index contributed by atoms with van der Waals surface area (Å²) in [5.41, 5.74) is 1.41. The lowest BCUT2D eigenvalue weighted by atomic mass is 9.84. The average Bonchev–Trinajstić information content (AvgIpc) is 2.44. The standard InChI is InChI=1S/C14H15Cl2NO4/c1-20-12(18)4-7-3-11(14(19)21-2)17-10-6-8(15)5-9(16)13(7)10/h5-7,11,17H,3-4H2,1-2H3/t7-,11-/m1/s1. The van der Waals surface area contributed by atoms with Crippen LogP contribution >= 0.6 is 23.2 Å². The highest BCUT2D eigenvalue weighted by atomic mass is 35.5. The maximum Gasteiger partial charge on any atom is 0.328 e. The second kappa shape index (κ2) is 6.54. The van der Waals surface area contributed by atoms with Crippen LogP contribution in [0.4, 0.5) is 5.69 Å². The number of esters is 2. The van der Waals surface area contributed by atoms with E-state index in [9.17, 15) is 9.59 Å². The van der Waals surface area contributed by atoms with Crippen LogP contribution in [0.15, 0.2) is 12.1 Å². The number of anilines is 1. The molecule has 2 rings (SSSR count). The number of halogens is 2. The van der Waals surface area contributed by atoms with Crippen LogP contribution in [0.25, 0.3) is 0 Å². The third-order valence-electron chi connectivity index (χ3n) is 3.48. The minimum atomic E-state index is -0.549. The molecule has 1 heterocycles. The predicted octanol–water partition coefficient (Wildman–Crippen LogP) is 3.00. The summed E-state index contributed by atoms with van der Waals surface area (Å²) in [7, 11) is 2.64. The van der Waals surface area contributed by atoms with Gasteiger partial charge in [-0.3, -0.25) is 4.79 Å². The van der Waals surface area contributed by atoms with Gasteiger partial charge in [0.05, 0.1) is 20.6 Å². The molecule has 0 bridgehead atoms. The van der Waals surface area contributed by atoms with Gasteiger partial charge in [0.1, 0.15) is 6.04 Å². The predicted molar refractivity (Wildman–Crippen MR) is 79.9 cm³/mol. The highest BCUT2D eigenvalue weighted by Crippen LogP contribution is 2.42. The van der Waals surface area contributed by atoms with Crippen LogP contribution in [0.2, 0.25) is 10.0 Å². The monoisotopic (exact) mass is 331 g/mol. The number of ether oxygens (including phenoxy) is 2. The lowest BCUT2D eigenvalue weighted by Crippen LogP contribution is -2.36. The molecule has 1 aromatic carbocycles. The van der Waals surface area contributed by atoms with E-state index >= 15 is 0 Å². The summed E-state index contributed by atoms with van der Waals surface area (Å²) in [4.78, 5) is 23.4. The summed E-state index contributed by atoms with van der Waals surface area (Å²) >= 11 is 12.2. The molecule has 114 valence electrons. The van der Waals surface area contributed by atoms with Gasteiger partial charge in [-0.1, -0.05) is 23.2 Å². The number of fused-ring (bicyclic) bond motifs is 1. The van der Waals surface area contributed by atoms with Crippen LogP contribution < -0.4 is 5.32 Å². The Hall–Kier alpha value is -1.46. The number of benzene rings is 1. The highest BCUT2D eigenvalue weighted by molar-refractivity contribution is 6.35. The van der Waals surface area contributed by atoms with E-state index in [4.69, 9.17) is 32.7 Å². The van der Waals surface area contributed by atoms with Crippen molar-refractivity contribution < 1.29 is 19.1 Å². The lowest BCUT2D eigenvalue weighted by Gasteiger charge is -2.32. The van der Waals surface area contributed by atoms with Gasteiger partial charge in [-0.15, -0.1) is 0 Å². The molecule has 0 aliphatic carbocycles. The van der Waals surface area contributed by atoms with Crippen molar-refractivity contribution in [3.8, 4) is 0 Å². The number of methoxy groups -OCH3 is 2. The van der Waals surface area contributed by atoms with Crippen molar-refractivity contribution in [1.29, 1.82) is 0 Å². The van der Waals surface area contributed by atoms with Crippen molar-refractivity contribution >= 4 is 40.8 Å². The van der Waals surface area contributed by atoms with Crippen molar-refractivity contribution in [3.63, 3.8) is 0 Å². The van der Waals surface area contributed by atoms with Gasteiger partial charge in [0, 0.05) is 21.7 Å². The van der Waals surface area contributed by atoms with E-state index in [2.05, 4.69) is 5.32 Å². The largest absolute Gasteiger partial charge is 0.469 e. The molecular weight excluding hydrogens is 317 g/mol. The first-order valence-corrected chi connectivity index (χ1v) is 7.12. The maximum absolute atomic E-state index is 11.8. The molecule has 1 aliphatic heterocycles. The molecule has 0 aromatic heterocycles. The second-order valence-electron chi connectivity index (χ2n) is 4.78. The molecule has 0 saturated heterocycles. The zero-order valence-electron chi connectivity index (χ0n) is 11.6. The van der Waals surface area contributed by atoms with Crippen LogP contribution in [-0.2, 0) is 19.1 Å². The molecule has 1 aliphatic rings. The summed E-state index contributed by atoms with van der Waals surface area (Å²) in [5.74, 6) is -0.989. The van der Waals surface area contributed by atoms with Crippen molar-refractivity contribution in [1.82, 2.24) is 0 Å². The van der Waals surface area contributed by atoms with Gasteiger partial charge in [0.2, 0.25) is 0 Å². The molecule has 0 unspecified atom stereocenters. The van der Waals surface area contributed by atoms with Gasteiger partial charge in [0.25, 0.3) is 0 Å². The van der Waals surface area contributed by atoms with Crippen molar-refractivity contribution in [2.75, 3.05) is 19.5 Å². The molecule has 0 spiro atoms. The second-order valence-corrected chi connectivity index (χ2v) is 5.63. The molecule has 7 heteroatoms. The topological polar surface area (TPSA) is 64.6 Å². The number of carbonyl (C=O) groups excluding carboxylic acids is 2. The van der Waals surface area contributed by atoms with Crippen LogP contribution in [0, 0.1) is 0 Å². The fourth-order valence-electron chi connectivity index (χ4n) is 2.54. The van der Waals surface area contributed by atoms with Crippen LogP contribution in [0.1, 0.15) is 24.3 Å². The third kappa shape index (κ3) is 3.41. The summed E-state index contributed by atoms with van der Waals surface area (Å²) in [6.45, 7) is 0. The molecule has 0 radical (unpaired) electrons. The number of carbonyl (C=O) groups is 2. The Morgan fingerprint density at radius 1 is 1.29 bits per heavy atom. The van der Waals surface area contributed by atoms with Crippen molar-refractivity contribution in [2.24, 2.45) is 0 Å². The molecule has 21 heavy (non-hydrogen) atoms. The minimum absolute atomic E-state index is 0.139. The van der Waals surface area contributed by atoms with E-state index in [1.807, 2.05) is 0 Å². The zero-order valence-corrected chi connectivity index (χ0v) is 13.1. The smallest absolute Gasteiger partial charge is 0.328 e. The quantitative estimate of drug-likeness (QED) is 0.862. The molecule has 0 saturated carbocycles. The summed E-state index contributed by atoms with van der Waals surface area (Å²) in [6.07, 6.45) is 0.538. The Kier molecular flexibility index (Phi) is 4.96. The van der Waals surface area contributed by atoms with Crippen LogP contribution in [0.5, 0.6) is 0 Å². The first kappa shape index (κ1) is 15.9. The summed E-state index contributed by atoms with van der Waals surface area (Å²) < 4.78 is 9.47. The SMILES string of the molecule is COC(=O)C[C@H]1C[C@H](C(=O)OC)Nc2cc(Cl)cc(Cl)c21. The Balaban J connectivity index is 2.40. The Morgan fingerprint density at radius 3 is 2.62 bits per heavy atom. The van der Waals surface area contributed by atoms with Gasteiger partial charge in [-0.05, 0) is 24.1 Å². The van der Waals surface area contributed by atoms with E-state index in [0.717, 1.165) is 5.56 Å². The zero-order chi connectivity index (χ0) is 15.6. The van der Waals surface area contributed by atoms with Gasteiger partial charge < -0.3 is 14.8 Å². The average molecular weight is 332 g/mol. The van der Waals surface area contributed by atoms with Crippen molar-refractivity contribution in [2.45, 2.75) is 24.8 Å². The van der Waals surface area contributed by atoms with E-state index in [0.29, 0.717) is 22.2 Å². The lowest BCUT2D eigenvalue weighted by molar-refractivity contribution is -0.144. The molecule has 0 amide bonds. The van der Waals surface area contributed by atoms with Crippen LogP contribution in [-0.4, -0.2) is 32.2 Å². The Bertz CT molecular complexity index is 576. The molecular formula is C14H15Cl2NO4. The Morgan fingerprint density at radius 2 is 2.00 bits per heavy atom. The number of hydrogen-bond acceptors (Lipinski definition) is 5. The van der Waals surface area contributed by atoms with E-state index in [1.165, 1.54) is 14.2 Å². The molecule has 2 atom stereocenters. The molecule has 1 N–H and O–H groups in total. The molecule has 5 nitrogen and oxygen atoms in total. The summed E-state index contributed by atoms with van der Waals surface area (Å²) in [5, 5.41) is 3.97. The van der Waals surface area contributed by atoms with Crippen LogP contribution in [0.3, 0.4) is 0 Å². The van der Waals surface area contributed by atoms with Gasteiger partial charge in [-0.2, -0.15) is 0 Å². The minimum Gasteiger partial charge on any atom is -0.469 e. The number of nitrogens with one attached hydrogen (secondary N) is 1. The fraction of sp³-hybridized carbons (Fsp3) is 0.429. The molecule has 1 aromatic rings. The van der Waals surface area contributed by atoms with Gasteiger partial charge in [0.15, 0.2) is 0 Å². The normalized spacial score (nSPS) is 20.2. The van der Waals surface area contributed by atoms with E-state index in [-0.39, 0.29) is 18.3 Å². The first-order chi connectivity index (χ1) is 9.96. The van der Waals surface area contributed by atoms with Gasteiger partial charge in [-0.25, -0.2) is 4.79 Å². The van der Waals surface area contributed by atoms with E-state index in [1.54, 1.807) is 12.1 Å². The number of hydrogen-bond donors (Lipinski definition) is 1. The van der Waals surface area contributed by atoms with Gasteiger partial charge >= 0.3 is 11.9 Å². The first-order valence-electron chi connectivity index (χ1n) is 6.36. The summed E-state index contributed by atoms with van der Waals surface area (Å²) in [6, 6.07) is 2.75. The third-order valence-corrected chi connectivity index (χ3v) is 4.01. The molecule has 0 fully saturated rings. The number of rotatable bonds is 3. The van der Waals surface area contributed by atoms with E-state index < -0.39 is 12.0 Å². The van der Waals surface area contributed by atoms with Crippen molar-refractivity contribution in [3.05, 3.63) is 27.7 Å². The Labute approximate surface area is 132 Å². The fourth-order valence-corrected chi connectivity index (χ4v) is 3.18. The highest BCUT2D eigenvalue weighted by Gasteiger charge is 2.34. The maximum atomic E-state index is 11.8.